The third-order valence-electron chi connectivity index (χ3n) is 5.29. The molecule has 2 fully saturated rings. The second kappa shape index (κ2) is 6.83. The summed E-state index contributed by atoms with van der Waals surface area (Å²) >= 11 is 6.22. The zero-order chi connectivity index (χ0) is 19.2. The van der Waals surface area contributed by atoms with Gasteiger partial charge in [0.25, 0.3) is 0 Å². The highest BCUT2D eigenvalue weighted by atomic mass is 35.5. The normalized spacial score (nSPS) is 23.0. The minimum atomic E-state index is -4.50. The van der Waals surface area contributed by atoms with E-state index in [0.29, 0.717) is 31.1 Å². The van der Waals surface area contributed by atoms with Gasteiger partial charge in [-0.2, -0.15) is 23.0 Å². The van der Waals surface area contributed by atoms with E-state index in [9.17, 15) is 18.0 Å². The average Bonchev–Trinajstić information content (AvgIpc) is 3.29. The van der Waals surface area contributed by atoms with Gasteiger partial charge >= 0.3 is 12.2 Å². The molecular formula is C18H18ClF3N4O. The molecular weight excluding hydrogens is 381 g/mol. The molecule has 1 amide bonds. The smallest absolute Gasteiger partial charge is 0.322 e. The minimum absolute atomic E-state index is 0.314. The van der Waals surface area contributed by atoms with Crippen molar-refractivity contribution in [2.75, 3.05) is 26.2 Å². The van der Waals surface area contributed by atoms with Gasteiger partial charge in [-0.1, -0.05) is 29.8 Å². The van der Waals surface area contributed by atoms with Gasteiger partial charge in [0, 0.05) is 43.9 Å². The summed E-state index contributed by atoms with van der Waals surface area (Å²) in [5.74, 6) is 0.628. The molecule has 0 spiro atoms. The number of rotatable bonds is 2. The molecule has 2 saturated heterocycles. The van der Waals surface area contributed by atoms with Crippen molar-refractivity contribution in [3.05, 3.63) is 52.8 Å². The van der Waals surface area contributed by atoms with E-state index in [0.717, 1.165) is 41.1 Å². The molecule has 144 valence electrons. The van der Waals surface area contributed by atoms with Gasteiger partial charge in [-0.3, -0.25) is 4.90 Å². The lowest BCUT2D eigenvalue weighted by molar-refractivity contribution is -0.137. The molecule has 3 heterocycles. The molecule has 0 aliphatic carbocycles. The molecule has 0 N–H and O–H groups in total. The fourth-order valence-corrected chi connectivity index (χ4v) is 4.16. The van der Waals surface area contributed by atoms with Gasteiger partial charge in [0.05, 0.1) is 11.8 Å². The minimum Gasteiger partial charge on any atom is -0.322 e. The van der Waals surface area contributed by atoms with Crippen LogP contribution in [0.5, 0.6) is 0 Å². The molecule has 2 atom stereocenters. The Bertz CT molecular complexity index is 839. The maximum absolute atomic E-state index is 12.7. The highest BCUT2D eigenvalue weighted by Crippen LogP contribution is 2.33. The first-order valence-corrected chi connectivity index (χ1v) is 9.06. The van der Waals surface area contributed by atoms with E-state index in [1.165, 1.54) is 0 Å². The van der Waals surface area contributed by atoms with E-state index in [-0.39, 0.29) is 0 Å². The van der Waals surface area contributed by atoms with Crippen molar-refractivity contribution in [3.8, 4) is 0 Å². The molecule has 4 rings (SSSR count). The van der Waals surface area contributed by atoms with Crippen molar-refractivity contribution in [2.24, 2.45) is 11.8 Å². The number of amides is 1. The lowest BCUT2D eigenvalue weighted by Crippen LogP contribution is -2.36. The highest BCUT2D eigenvalue weighted by Gasteiger charge is 2.42. The zero-order valence-corrected chi connectivity index (χ0v) is 15.1. The van der Waals surface area contributed by atoms with E-state index in [4.69, 9.17) is 11.6 Å². The van der Waals surface area contributed by atoms with E-state index >= 15 is 0 Å². The second-order valence-electron chi connectivity index (χ2n) is 7.16. The Morgan fingerprint density at radius 2 is 1.81 bits per heavy atom. The second-order valence-corrected chi connectivity index (χ2v) is 7.57. The summed E-state index contributed by atoms with van der Waals surface area (Å²) in [6, 6.07) is 7.22. The summed E-state index contributed by atoms with van der Waals surface area (Å²) in [6.07, 6.45) is -3.07. The predicted octanol–water partition coefficient (Wildman–Crippen LogP) is 3.59. The van der Waals surface area contributed by atoms with Crippen molar-refractivity contribution >= 4 is 17.6 Å². The van der Waals surface area contributed by atoms with Gasteiger partial charge < -0.3 is 4.90 Å². The Kier molecular flexibility index (Phi) is 4.63. The van der Waals surface area contributed by atoms with Crippen LogP contribution in [0.25, 0.3) is 0 Å². The number of fused-ring (bicyclic) bond motifs is 1. The summed E-state index contributed by atoms with van der Waals surface area (Å²) in [5.41, 5.74) is 0.157. The van der Waals surface area contributed by atoms with Crippen LogP contribution in [0.3, 0.4) is 0 Å². The van der Waals surface area contributed by atoms with Gasteiger partial charge in [0.15, 0.2) is 0 Å². The first-order chi connectivity index (χ1) is 12.8. The molecule has 2 aliphatic rings. The zero-order valence-electron chi connectivity index (χ0n) is 14.4. The van der Waals surface area contributed by atoms with Gasteiger partial charge in [0.1, 0.15) is 0 Å². The molecule has 2 aromatic rings. The molecule has 2 aliphatic heterocycles. The Balaban J connectivity index is 1.36. The number of hydrogen-bond donors (Lipinski definition) is 0. The largest absolute Gasteiger partial charge is 0.419 e. The molecule has 0 saturated carbocycles. The summed E-state index contributed by atoms with van der Waals surface area (Å²) < 4.78 is 38.8. The Labute approximate surface area is 159 Å². The van der Waals surface area contributed by atoms with Gasteiger partial charge in [-0.05, 0) is 23.5 Å². The Morgan fingerprint density at radius 1 is 1.15 bits per heavy atom. The number of benzene rings is 1. The number of likely N-dealkylation sites (tertiary alicyclic amines) is 2. The van der Waals surface area contributed by atoms with Crippen LogP contribution < -0.4 is 0 Å². The van der Waals surface area contributed by atoms with Crippen molar-refractivity contribution in [3.63, 3.8) is 0 Å². The standard InChI is InChI=1S/C18H18ClF3N4O/c19-16-4-2-1-3-12(16)6-24-7-13-9-25(10-14(13)8-24)17(27)26-11-15(5-23-26)18(20,21)22/h1-5,11,13-14H,6-10H2. The Morgan fingerprint density at radius 3 is 2.41 bits per heavy atom. The molecule has 0 bridgehead atoms. The van der Waals surface area contributed by atoms with Crippen LogP contribution >= 0.6 is 11.6 Å². The van der Waals surface area contributed by atoms with E-state index in [1.807, 2.05) is 24.3 Å². The Hall–Kier alpha value is -2.06. The predicted molar refractivity (Wildman–Crippen MR) is 93.3 cm³/mol. The van der Waals surface area contributed by atoms with E-state index in [1.54, 1.807) is 4.90 Å². The molecule has 5 nitrogen and oxygen atoms in total. The van der Waals surface area contributed by atoms with Crippen molar-refractivity contribution in [1.29, 1.82) is 0 Å². The molecule has 9 heteroatoms. The number of carbonyl (C=O) groups is 1. The number of hydrogen-bond acceptors (Lipinski definition) is 3. The summed E-state index contributed by atoms with van der Waals surface area (Å²) in [5, 5.41) is 4.32. The number of nitrogens with zero attached hydrogens (tertiary/aromatic N) is 4. The number of aromatic nitrogens is 2. The van der Waals surface area contributed by atoms with Crippen LogP contribution in [0.4, 0.5) is 18.0 Å². The van der Waals surface area contributed by atoms with Crippen molar-refractivity contribution < 1.29 is 18.0 Å². The number of halogens is 4. The molecule has 2 unspecified atom stereocenters. The maximum atomic E-state index is 12.7. The number of carbonyl (C=O) groups excluding carboxylic acids is 1. The average molecular weight is 399 g/mol. The maximum Gasteiger partial charge on any atom is 0.419 e. The van der Waals surface area contributed by atoms with Crippen LogP contribution in [-0.4, -0.2) is 51.8 Å². The van der Waals surface area contributed by atoms with E-state index < -0.39 is 17.8 Å². The number of alkyl halides is 3. The van der Waals surface area contributed by atoms with Crippen LogP contribution in [0.1, 0.15) is 11.1 Å². The quantitative estimate of drug-likeness (QED) is 0.776. The third-order valence-corrected chi connectivity index (χ3v) is 5.66. The highest BCUT2D eigenvalue weighted by molar-refractivity contribution is 6.31. The first-order valence-electron chi connectivity index (χ1n) is 8.68. The van der Waals surface area contributed by atoms with Gasteiger partial charge in [-0.15, -0.1) is 0 Å². The van der Waals surface area contributed by atoms with Crippen molar-refractivity contribution in [1.82, 2.24) is 19.6 Å². The fraction of sp³-hybridized carbons (Fsp3) is 0.444. The molecule has 27 heavy (non-hydrogen) atoms. The van der Waals surface area contributed by atoms with Crippen LogP contribution in [0, 0.1) is 11.8 Å². The lowest BCUT2D eigenvalue weighted by atomic mass is 10.0. The monoisotopic (exact) mass is 398 g/mol. The van der Waals surface area contributed by atoms with E-state index in [2.05, 4.69) is 10.00 Å². The molecule has 0 radical (unpaired) electrons. The summed E-state index contributed by atoms with van der Waals surface area (Å²) in [4.78, 5) is 16.4. The SMILES string of the molecule is O=C(N1CC2CN(Cc3ccccc3Cl)CC2C1)n1cc(C(F)(F)F)cn1. The van der Waals surface area contributed by atoms with Crippen LogP contribution in [-0.2, 0) is 12.7 Å². The fourth-order valence-electron chi connectivity index (χ4n) is 3.96. The summed E-state index contributed by atoms with van der Waals surface area (Å²) in [6.45, 7) is 3.50. The topological polar surface area (TPSA) is 41.4 Å². The van der Waals surface area contributed by atoms with Gasteiger partial charge in [0.2, 0.25) is 0 Å². The lowest BCUT2D eigenvalue weighted by Gasteiger charge is -2.21. The molecule has 1 aromatic carbocycles. The van der Waals surface area contributed by atoms with Crippen LogP contribution in [0.2, 0.25) is 5.02 Å². The molecule has 1 aromatic heterocycles. The third kappa shape index (κ3) is 3.68. The van der Waals surface area contributed by atoms with Crippen LogP contribution in [0.15, 0.2) is 36.7 Å². The van der Waals surface area contributed by atoms with Crippen molar-refractivity contribution in [2.45, 2.75) is 12.7 Å². The van der Waals surface area contributed by atoms with Gasteiger partial charge in [-0.25, -0.2) is 4.79 Å². The summed E-state index contributed by atoms with van der Waals surface area (Å²) in [7, 11) is 0. The first kappa shape index (κ1) is 18.3.